The fraction of sp³-hybridized carbons (Fsp3) is 0.391. The zero-order chi connectivity index (χ0) is 21.3. The molecule has 0 aliphatic carbocycles. The third-order valence-corrected chi connectivity index (χ3v) is 5.24. The molecule has 2 amide bonds. The minimum atomic E-state index is -0.158. The molecule has 1 heterocycles. The lowest BCUT2D eigenvalue weighted by Gasteiger charge is -2.32. The number of nitrogens with zero attached hydrogens (tertiary/aromatic N) is 1. The van der Waals surface area contributed by atoms with Crippen molar-refractivity contribution in [2.45, 2.75) is 32.2 Å². The molecule has 1 N–H and O–H groups in total. The van der Waals surface area contributed by atoms with Gasteiger partial charge in [-0.2, -0.15) is 0 Å². The predicted octanol–water partition coefficient (Wildman–Crippen LogP) is 3.47. The lowest BCUT2D eigenvalue weighted by molar-refractivity contribution is -0.131. The van der Waals surface area contributed by atoms with Gasteiger partial charge in [0.2, 0.25) is 5.91 Å². The van der Waals surface area contributed by atoms with Gasteiger partial charge >= 0.3 is 0 Å². The average Bonchev–Trinajstić information content (AvgIpc) is 2.75. The van der Waals surface area contributed by atoms with Crippen molar-refractivity contribution in [1.82, 2.24) is 10.2 Å². The number of ether oxygens (including phenoxy) is 2. The Kier molecular flexibility index (Phi) is 7.97. The topological polar surface area (TPSA) is 67.9 Å². The van der Waals surface area contributed by atoms with Crippen LogP contribution in [0.1, 0.15) is 25.3 Å². The number of likely N-dealkylation sites (tertiary alicyclic amines) is 1. The van der Waals surface area contributed by atoms with Gasteiger partial charge in [0.05, 0.1) is 13.0 Å². The highest BCUT2D eigenvalue weighted by Gasteiger charge is 2.24. The van der Waals surface area contributed by atoms with Crippen LogP contribution in [0, 0.1) is 0 Å². The maximum absolute atomic E-state index is 12.5. The number of hydrogen-bond acceptors (Lipinski definition) is 4. The van der Waals surface area contributed by atoms with Crippen molar-refractivity contribution in [2.75, 3.05) is 26.3 Å². The van der Waals surface area contributed by atoms with E-state index >= 15 is 0 Å². The minimum absolute atomic E-state index is 0.0380. The lowest BCUT2D eigenvalue weighted by Crippen LogP contribution is -2.47. The molecule has 1 aliphatic heterocycles. The van der Waals surface area contributed by atoms with Crippen LogP contribution in [-0.4, -0.2) is 49.1 Å². The number of rotatable bonds is 8. The molecule has 1 fully saturated rings. The zero-order valence-corrected chi connectivity index (χ0v) is 17.9. The molecule has 0 aromatic heterocycles. The number of amides is 2. The maximum Gasteiger partial charge on any atom is 0.258 e. The van der Waals surface area contributed by atoms with E-state index in [1.807, 2.05) is 36.1 Å². The van der Waals surface area contributed by atoms with Crippen LogP contribution in [0.2, 0.25) is 5.02 Å². The van der Waals surface area contributed by atoms with E-state index in [2.05, 4.69) is 5.32 Å². The summed E-state index contributed by atoms with van der Waals surface area (Å²) in [6.45, 7) is 3.76. The summed E-state index contributed by atoms with van der Waals surface area (Å²) >= 11 is 5.89. The molecule has 6 nitrogen and oxygen atoms in total. The monoisotopic (exact) mass is 430 g/mol. The normalized spacial score (nSPS) is 14.3. The largest absolute Gasteiger partial charge is 0.494 e. The first-order valence-electron chi connectivity index (χ1n) is 10.2. The van der Waals surface area contributed by atoms with Gasteiger partial charge in [0.25, 0.3) is 5.91 Å². The molecule has 1 aliphatic rings. The Morgan fingerprint density at radius 3 is 2.20 bits per heavy atom. The summed E-state index contributed by atoms with van der Waals surface area (Å²) in [6, 6.07) is 14.6. The highest BCUT2D eigenvalue weighted by molar-refractivity contribution is 6.30. The Morgan fingerprint density at radius 2 is 1.60 bits per heavy atom. The Morgan fingerprint density at radius 1 is 1.00 bits per heavy atom. The molecule has 2 aromatic rings. The van der Waals surface area contributed by atoms with Crippen LogP contribution in [0.3, 0.4) is 0 Å². The highest BCUT2D eigenvalue weighted by Crippen LogP contribution is 2.18. The highest BCUT2D eigenvalue weighted by atomic mass is 35.5. The Hall–Kier alpha value is -2.73. The molecule has 0 radical (unpaired) electrons. The quantitative estimate of drug-likeness (QED) is 0.696. The van der Waals surface area contributed by atoms with E-state index in [0.29, 0.717) is 36.9 Å². The van der Waals surface area contributed by atoms with Gasteiger partial charge in [-0.3, -0.25) is 9.59 Å². The summed E-state index contributed by atoms with van der Waals surface area (Å²) in [7, 11) is 0. The second-order valence-corrected chi connectivity index (χ2v) is 7.66. The van der Waals surface area contributed by atoms with E-state index < -0.39 is 0 Å². The van der Waals surface area contributed by atoms with Gasteiger partial charge in [0, 0.05) is 24.2 Å². The van der Waals surface area contributed by atoms with Crippen molar-refractivity contribution in [3.8, 4) is 11.5 Å². The first kappa shape index (κ1) is 22.0. The van der Waals surface area contributed by atoms with Crippen LogP contribution >= 0.6 is 11.6 Å². The molecule has 3 rings (SSSR count). The second kappa shape index (κ2) is 10.9. The molecule has 30 heavy (non-hydrogen) atoms. The zero-order valence-electron chi connectivity index (χ0n) is 17.1. The van der Waals surface area contributed by atoms with E-state index in [0.717, 1.165) is 24.2 Å². The maximum atomic E-state index is 12.5. The van der Waals surface area contributed by atoms with Gasteiger partial charge in [-0.25, -0.2) is 0 Å². The van der Waals surface area contributed by atoms with E-state index in [-0.39, 0.29) is 24.5 Å². The third kappa shape index (κ3) is 6.66. The van der Waals surface area contributed by atoms with E-state index in [9.17, 15) is 9.59 Å². The fourth-order valence-corrected chi connectivity index (χ4v) is 3.50. The van der Waals surface area contributed by atoms with Crippen LogP contribution in [0.15, 0.2) is 48.5 Å². The van der Waals surface area contributed by atoms with Gasteiger partial charge in [0.15, 0.2) is 6.61 Å². The van der Waals surface area contributed by atoms with Gasteiger partial charge in [-0.05, 0) is 61.7 Å². The van der Waals surface area contributed by atoms with Crippen molar-refractivity contribution in [2.24, 2.45) is 0 Å². The molecule has 2 aromatic carbocycles. The first-order valence-corrected chi connectivity index (χ1v) is 10.6. The van der Waals surface area contributed by atoms with E-state index in [1.165, 1.54) is 0 Å². The SMILES string of the molecule is CCOc1ccc(OCC(=O)NC2CCN(C(=O)Cc3ccc(Cl)cc3)CC2)cc1. The lowest BCUT2D eigenvalue weighted by atomic mass is 10.0. The molecule has 0 atom stereocenters. The van der Waals surface area contributed by atoms with Crippen molar-refractivity contribution in [3.05, 3.63) is 59.1 Å². The number of carbonyl (C=O) groups is 2. The molecular weight excluding hydrogens is 404 g/mol. The fourth-order valence-electron chi connectivity index (χ4n) is 3.38. The van der Waals surface area contributed by atoms with Gasteiger partial charge in [-0.15, -0.1) is 0 Å². The first-order chi connectivity index (χ1) is 14.5. The average molecular weight is 431 g/mol. The summed E-state index contributed by atoms with van der Waals surface area (Å²) in [5.41, 5.74) is 0.950. The van der Waals surface area contributed by atoms with Crippen molar-refractivity contribution >= 4 is 23.4 Å². The van der Waals surface area contributed by atoms with Crippen LogP contribution in [0.25, 0.3) is 0 Å². The summed E-state index contributed by atoms with van der Waals surface area (Å²) in [5, 5.41) is 3.66. The second-order valence-electron chi connectivity index (χ2n) is 7.22. The van der Waals surface area contributed by atoms with Crippen LogP contribution in [0.5, 0.6) is 11.5 Å². The van der Waals surface area contributed by atoms with Crippen molar-refractivity contribution in [3.63, 3.8) is 0 Å². The Bertz CT molecular complexity index is 831. The van der Waals surface area contributed by atoms with E-state index in [4.69, 9.17) is 21.1 Å². The molecule has 7 heteroatoms. The van der Waals surface area contributed by atoms with E-state index in [1.54, 1.807) is 24.3 Å². The number of piperidine rings is 1. The summed E-state index contributed by atoms with van der Waals surface area (Å²) in [5.74, 6) is 1.33. The van der Waals surface area contributed by atoms with Crippen molar-refractivity contribution in [1.29, 1.82) is 0 Å². The number of carbonyl (C=O) groups excluding carboxylic acids is 2. The molecule has 160 valence electrons. The standard InChI is InChI=1S/C23H27ClN2O4/c1-2-29-20-7-9-21(10-8-20)30-16-22(27)25-19-11-13-26(14-12-19)23(28)15-17-3-5-18(24)6-4-17/h3-10,19H,2,11-16H2,1H3,(H,25,27). The molecule has 0 bridgehead atoms. The summed E-state index contributed by atoms with van der Waals surface area (Å²) in [4.78, 5) is 26.5. The number of benzene rings is 2. The van der Waals surface area contributed by atoms with Gasteiger partial charge in [-0.1, -0.05) is 23.7 Å². The third-order valence-electron chi connectivity index (χ3n) is 4.99. The van der Waals surface area contributed by atoms with Crippen LogP contribution < -0.4 is 14.8 Å². The van der Waals surface area contributed by atoms with Crippen LogP contribution in [0.4, 0.5) is 0 Å². The molecule has 0 saturated carbocycles. The molecule has 1 saturated heterocycles. The van der Waals surface area contributed by atoms with Gasteiger partial charge < -0.3 is 19.7 Å². The number of hydrogen-bond donors (Lipinski definition) is 1. The Balaban J connectivity index is 1.36. The minimum Gasteiger partial charge on any atom is -0.494 e. The molecule has 0 unspecified atom stereocenters. The van der Waals surface area contributed by atoms with Crippen molar-refractivity contribution < 1.29 is 19.1 Å². The van der Waals surface area contributed by atoms with Gasteiger partial charge in [0.1, 0.15) is 11.5 Å². The number of nitrogens with one attached hydrogen (secondary N) is 1. The number of halogens is 1. The summed E-state index contributed by atoms with van der Waals surface area (Å²) in [6.07, 6.45) is 1.84. The predicted molar refractivity (Wildman–Crippen MR) is 116 cm³/mol. The smallest absolute Gasteiger partial charge is 0.258 e. The molecular formula is C23H27ClN2O4. The molecule has 0 spiro atoms. The van der Waals surface area contributed by atoms with Crippen LogP contribution in [-0.2, 0) is 16.0 Å². The Labute approximate surface area is 182 Å². The summed E-state index contributed by atoms with van der Waals surface area (Å²) < 4.78 is 10.9.